The van der Waals surface area contributed by atoms with Crippen LogP contribution in [-0.4, -0.2) is 57.5 Å². The molecule has 1 N–H and O–H groups in total. The summed E-state index contributed by atoms with van der Waals surface area (Å²) < 4.78 is 22.4. The average molecular weight is 262 g/mol. The van der Waals surface area contributed by atoms with E-state index in [4.69, 9.17) is 0 Å². The molecular weight excluding hydrogens is 236 g/mol. The van der Waals surface area contributed by atoms with E-state index in [9.17, 15) is 8.42 Å². The summed E-state index contributed by atoms with van der Waals surface area (Å²) in [6.07, 6.45) is 6.24. The molecule has 2 atom stereocenters. The van der Waals surface area contributed by atoms with Crippen molar-refractivity contribution in [2.45, 2.75) is 44.7 Å². The number of hydrogen-bond acceptors (Lipinski definition) is 4. The zero-order chi connectivity index (χ0) is 12.9. The van der Waals surface area contributed by atoms with Gasteiger partial charge in [-0.3, -0.25) is 0 Å². The normalized spacial score (nSPS) is 26.4. The van der Waals surface area contributed by atoms with Gasteiger partial charge >= 0.3 is 0 Å². The fourth-order valence-corrected chi connectivity index (χ4v) is 3.23. The first-order valence-electron chi connectivity index (χ1n) is 6.55. The third-order valence-corrected chi connectivity index (χ3v) is 4.50. The third kappa shape index (κ3) is 5.36. The second kappa shape index (κ2) is 6.71. The van der Waals surface area contributed by atoms with E-state index in [2.05, 4.69) is 17.1 Å². The summed E-state index contributed by atoms with van der Waals surface area (Å²) in [7, 11) is -0.803. The molecule has 0 aliphatic heterocycles. The highest BCUT2D eigenvalue weighted by Crippen LogP contribution is 2.22. The van der Waals surface area contributed by atoms with E-state index in [0.29, 0.717) is 18.6 Å². The molecule has 0 bridgehead atoms. The first-order valence-corrected chi connectivity index (χ1v) is 8.61. The van der Waals surface area contributed by atoms with E-state index in [0.717, 1.165) is 6.54 Å². The molecule has 0 amide bonds. The summed E-state index contributed by atoms with van der Waals surface area (Å²) in [5.41, 5.74) is 0. The quantitative estimate of drug-likeness (QED) is 0.772. The maximum atomic E-state index is 11.2. The van der Waals surface area contributed by atoms with Crippen LogP contribution in [0.3, 0.4) is 0 Å². The highest BCUT2D eigenvalue weighted by molar-refractivity contribution is 7.90. The van der Waals surface area contributed by atoms with E-state index in [1.165, 1.54) is 31.9 Å². The van der Waals surface area contributed by atoms with Crippen LogP contribution in [0, 0.1) is 0 Å². The predicted octanol–water partition coefficient (Wildman–Crippen LogP) is 0.884. The van der Waals surface area contributed by atoms with Gasteiger partial charge in [-0.05, 0) is 26.4 Å². The molecule has 0 aromatic carbocycles. The minimum atomic E-state index is -2.85. The molecule has 1 rings (SSSR count). The number of likely N-dealkylation sites (N-methyl/N-ethyl adjacent to an activating group) is 2. The van der Waals surface area contributed by atoms with Gasteiger partial charge in [-0.25, -0.2) is 8.42 Å². The number of nitrogens with zero attached hydrogens (tertiary/aromatic N) is 1. The molecule has 0 spiro atoms. The van der Waals surface area contributed by atoms with Crippen LogP contribution in [0.25, 0.3) is 0 Å². The lowest BCUT2D eigenvalue weighted by Gasteiger charge is -2.38. The Kier molecular flexibility index (Phi) is 5.89. The van der Waals surface area contributed by atoms with Gasteiger partial charge in [0, 0.05) is 24.9 Å². The van der Waals surface area contributed by atoms with Crippen molar-refractivity contribution in [3.05, 3.63) is 0 Å². The van der Waals surface area contributed by atoms with Crippen LogP contribution in [-0.2, 0) is 9.84 Å². The van der Waals surface area contributed by atoms with Crippen molar-refractivity contribution in [1.29, 1.82) is 0 Å². The van der Waals surface area contributed by atoms with Crippen LogP contribution in [0.2, 0.25) is 0 Å². The molecule has 1 saturated carbocycles. The van der Waals surface area contributed by atoms with Gasteiger partial charge in [-0.1, -0.05) is 19.8 Å². The summed E-state index contributed by atoms with van der Waals surface area (Å²) in [6.45, 7) is 3.76. The lowest BCUT2D eigenvalue weighted by molar-refractivity contribution is 0.157. The standard InChI is InChI=1S/C12H26N2O2S/c1-4-13-11-7-5-6-8-12(11)14(2)9-10-17(3,15)16/h11-13H,4-10H2,1-3H3. The van der Waals surface area contributed by atoms with Crippen LogP contribution in [0.4, 0.5) is 0 Å². The van der Waals surface area contributed by atoms with Crippen molar-refractivity contribution in [3.63, 3.8) is 0 Å². The first-order chi connectivity index (χ1) is 7.94. The first kappa shape index (κ1) is 14.9. The molecule has 1 fully saturated rings. The molecule has 0 saturated heterocycles. The minimum absolute atomic E-state index is 0.263. The largest absolute Gasteiger partial charge is 0.313 e. The Labute approximate surface area is 106 Å². The Balaban J connectivity index is 2.49. The van der Waals surface area contributed by atoms with Crippen molar-refractivity contribution in [2.75, 3.05) is 32.1 Å². The molecule has 102 valence electrons. The van der Waals surface area contributed by atoms with Gasteiger partial charge in [-0.15, -0.1) is 0 Å². The topological polar surface area (TPSA) is 49.4 Å². The third-order valence-electron chi connectivity index (χ3n) is 3.58. The fourth-order valence-electron chi connectivity index (χ4n) is 2.61. The lowest BCUT2D eigenvalue weighted by Crippen LogP contribution is -2.51. The molecule has 1 aliphatic carbocycles. The van der Waals surface area contributed by atoms with E-state index in [1.54, 1.807) is 0 Å². The molecule has 4 nitrogen and oxygen atoms in total. The Morgan fingerprint density at radius 2 is 1.94 bits per heavy atom. The summed E-state index contributed by atoms with van der Waals surface area (Å²) in [5, 5.41) is 3.52. The molecular formula is C12H26N2O2S. The van der Waals surface area contributed by atoms with Gasteiger partial charge in [0.2, 0.25) is 0 Å². The molecule has 0 aromatic rings. The lowest BCUT2D eigenvalue weighted by atomic mass is 9.89. The van der Waals surface area contributed by atoms with Gasteiger partial charge < -0.3 is 10.2 Å². The van der Waals surface area contributed by atoms with Crippen LogP contribution in [0.5, 0.6) is 0 Å². The fraction of sp³-hybridized carbons (Fsp3) is 1.00. The number of sulfone groups is 1. The highest BCUT2D eigenvalue weighted by atomic mass is 32.2. The highest BCUT2D eigenvalue weighted by Gasteiger charge is 2.27. The monoisotopic (exact) mass is 262 g/mol. The smallest absolute Gasteiger partial charge is 0.148 e. The molecule has 1 aliphatic rings. The van der Waals surface area contributed by atoms with E-state index in [1.807, 2.05) is 7.05 Å². The Morgan fingerprint density at radius 3 is 2.53 bits per heavy atom. The minimum Gasteiger partial charge on any atom is -0.313 e. The van der Waals surface area contributed by atoms with Gasteiger partial charge in [0.1, 0.15) is 9.84 Å². The predicted molar refractivity (Wildman–Crippen MR) is 72.1 cm³/mol. The maximum Gasteiger partial charge on any atom is 0.148 e. The van der Waals surface area contributed by atoms with Crippen LogP contribution in [0.15, 0.2) is 0 Å². The zero-order valence-electron chi connectivity index (χ0n) is 11.3. The van der Waals surface area contributed by atoms with Crippen LogP contribution in [0.1, 0.15) is 32.6 Å². The zero-order valence-corrected chi connectivity index (χ0v) is 12.1. The summed E-state index contributed by atoms with van der Waals surface area (Å²) in [4.78, 5) is 2.22. The Bertz CT molecular complexity index is 314. The van der Waals surface area contributed by atoms with Gasteiger partial charge in [0.25, 0.3) is 0 Å². The SMILES string of the molecule is CCNC1CCCCC1N(C)CCS(C)(=O)=O. The Morgan fingerprint density at radius 1 is 1.29 bits per heavy atom. The second-order valence-corrected chi connectivity index (χ2v) is 7.39. The molecule has 5 heteroatoms. The van der Waals surface area contributed by atoms with Gasteiger partial charge in [0.05, 0.1) is 5.75 Å². The van der Waals surface area contributed by atoms with Crippen LogP contribution < -0.4 is 5.32 Å². The summed E-state index contributed by atoms with van der Waals surface area (Å²) in [6, 6.07) is 1.02. The van der Waals surface area contributed by atoms with Crippen molar-refractivity contribution in [3.8, 4) is 0 Å². The van der Waals surface area contributed by atoms with Crippen molar-refractivity contribution in [1.82, 2.24) is 10.2 Å². The second-order valence-electron chi connectivity index (χ2n) is 5.13. The molecule has 2 unspecified atom stereocenters. The number of nitrogens with one attached hydrogen (secondary N) is 1. The van der Waals surface area contributed by atoms with Crippen LogP contribution >= 0.6 is 0 Å². The number of hydrogen-bond donors (Lipinski definition) is 1. The molecule has 0 aromatic heterocycles. The van der Waals surface area contributed by atoms with E-state index in [-0.39, 0.29) is 5.75 Å². The Hall–Kier alpha value is -0.130. The maximum absolute atomic E-state index is 11.2. The molecule has 0 heterocycles. The number of rotatable bonds is 6. The van der Waals surface area contributed by atoms with Crippen molar-refractivity contribution < 1.29 is 8.42 Å². The average Bonchev–Trinajstić information content (AvgIpc) is 2.26. The van der Waals surface area contributed by atoms with Gasteiger partial charge in [0.15, 0.2) is 0 Å². The summed E-state index contributed by atoms with van der Waals surface area (Å²) in [5.74, 6) is 0.263. The van der Waals surface area contributed by atoms with Gasteiger partial charge in [-0.2, -0.15) is 0 Å². The van der Waals surface area contributed by atoms with Crippen molar-refractivity contribution in [2.24, 2.45) is 0 Å². The molecule has 17 heavy (non-hydrogen) atoms. The summed E-state index contributed by atoms with van der Waals surface area (Å²) >= 11 is 0. The van der Waals surface area contributed by atoms with Crippen molar-refractivity contribution >= 4 is 9.84 Å². The van der Waals surface area contributed by atoms with E-state index >= 15 is 0 Å². The molecule has 0 radical (unpaired) electrons. The van der Waals surface area contributed by atoms with E-state index < -0.39 is 9.84 Å².